The van der Waals surface area contributed by atoms with Crippen molar-refractivity contribution in [2.45, 2.75) is 32.3 Å². The summed E-state index contributed by atoms with van der Waals surface area (Å²) in [5, 5.41) is 4.79. The van der Waals surface area contributed by atoms with E-state index in [9.17, 15) is 8.42 Å². The van der Waals surface area contributed by atoms with E-state index in [0.717, 1.165) is 33.5 Å². The molecule has 0 aliphatic heterocycles. The Kier molecular flexibility index (Phi) is 6.20. The fourth-order valence-electron chi connectivity index (χ4n) is 3.96. The minimum absolute atomic E-state index is 0.160. The van der Waals surface area contributed by atoms with Gasteiger partial charge in [-0.3, -0.25) is 9.71 Å². The van der Waals surface area contributed by atoms with Crippen molar-refractivity contribution < 1.29 is 17.7 Å². The molecule has 0 fully saturated rings. The van der Waals surface area contributed by atoms with Gasteiger partial charge in [0.1, 0.15) is 18.1 Å². The second-order valence-corrected chi connectivity index (χ2v) is 10.2. The summed E-state index contributed by atoms with van der Waals surface area (Å²) >= 11 is 0. The molecule has 0 saturated carbocycles. The van der Waals surface area contributed by atoms with Crippen molar-refractivity contribution in [1.82, 2.24) is 10.1 Å². The molecule has 8 heteroatoms. The summed E-state index contributed by atoms with van der Waals surface area (Å²) in [5.74, 6) is 1.53. The van der Waals surface area contributed by atoms with Crippen LogP contribution in [-0.4, -0.2) is 18.6 Å². The molecule has 0 aliphatic carbocycles. The van der Waals surface area contributed by atoms with Crippen molar-refractivity contribution in [1.29, 1.82) is 0 Å². The zero-order valence-electron chi connectivity index (χ0n) is 20.1. The lowest BCUT2D eigenvalue weighted by Gasteiger charge is -2.13. The van der Waals surface area contributed by atoms with Gasteiger partial charge in [-0.05, 0) is 50.1 Å². The molecular formula is C28H25N3O4S. The predicted octanol–water partition coefficient (Wildman–Crippen LogP) is 6.19. The standard InChI is InChI=1S/C28H25N3O4S/c1-18-16-26(24-9-4-6-10-25(24)29-18)34-17-21-12-14-22(15-13-21)23-8-5-7-11-27(23)36(32,33)31-28-19(2)20(3)35-30-28/h4-16H,17H2,1-3H3,(H,30,31). The van der Waals surface area contributed by atoms with Gasteiger partial charge in [-0.15, -0.1) is 0 Å². The van der Waals surface area contributed by atoms with Crippen LogP contribution in [-0.2, 0) is 16.6 Å². The third-order valence-electron chi connectivity index (χ3n) is 6.03. The van der Waals surface area contributed by atoms with E-state index < -0.39 is 10.0 Å². The zero-order valence-corrected chi connectivity index (χ0v) is 21.0. The first-order valence-corrected chi connectivity index (χ1v) is 12.9. The highest BCUT2D eigenvalue weighted by Crippen LogP contribution is 2.30. The second kappa shape index (κ2) is 9.47. The zero-order chi connectivity index (χ0) is 25.3. The van der Waals surface area contributed by atoms with Gasteiger partial charge in [0.2, 0.25) is 0 Å². The molecule has 2 aromatic heterocycles. The van der Waals surface area contributed by atoms with Gasteiger partial charge in [-0.1, -0.05) is 59.8 Å². The monoisotopic (exact) mass is 499 g/mol. The Morgan fingerprint density at radius 2 is 1.64 bits per heavy atom. The Hall–Kier alpha value is -4.17. The highest BCUT2D eigenvalue weighted by Gasteiger charge is 2.22. The predicted molar refractivity (Wildman–Crippen MR) is 139 cm³/mol. The van der Waals surface area contributed by atoms with Crippen molar-refractivity contribution >= 4 is 26.7 Å². The summed E-state index contributed by atoms with van der Waals surface area (Å²) in [4.78, 5) is 4.71. The number of para-hydroxylation sites is 1. The smallest absolute Gasteiger partial charge is 0.263 e. The third-order valence-corrected chi connectivity index (χ3v) is 7.43. The quantitative estimate of drug-likeness (QED) is 0.287. The van der Waals surface area contributed by atoms with E-state index in [1.807, 2.05) is 67.6 Å². The van der Waals surface area contributed by atoms with E-state index in [0.29, 0.717) is 23.5 Å². The summed E-state index contributed by atoms with van der Waals surface area (Å²) in [6, 6.07) is 24.4. The van der Waals surface area contributed by atoms with Gasteiger partial charge in [0.05, 0.1) is 10.4 Å². The van der Waals surface area contributed by atoms with Crippen LogP contribution in [0, 0.1) is 20.8 Å². The summed E-state index contributed by atoms with van der Waals surface area (Å²) in [5.41, 5.74) is 4.76. The number of rotatable bonds is 7. The number of pyridine rings is 1. The van der Waals surface area contributed by atoms with Gasteiger partial charge in [0.15, 0.2) is 5.82 Å². The van der Waals surface area contributed by atoms with Gasteiger partial charge in [0.25, 0.3) is 10.0 Å². The summed E-state index contributed by atoms with van der Waals surface area (Å²) in [6.45, 7) is 5.81. The van der Waals surface area contributed by atoms with Crippen LogP contribution in [0.5, 0.6) is 5.75 Å². The van der Waals surface area contributed by atoms with Crippen LogP contribution in [0.15, 0.2) is 88.3 Å². The highest BCUT2D eigenvalue weighted by molar-refractivity contribution is 7.92. The van der Waals surface area contributed by atoms with Crippen LogP contribution in [0.2, 0.25) is 0 Å². The Morgan fingerprint density at radius 3 is 2.39 bits per heavy atom. The average Bonchev–Trinajstić information content (AvgIpc) is 3.19. The number of fused-ring (bicyclic) bond motifs is 1. The highest BCUT2D eigenvalue weighted by atomic mass is 32.2. The minimum Gasteiger partial charge on any atom is -0.488 e. The molecule has 5 rings (SSSR count). The Labute approximate surface area is 209 Å². The summed E-state index contributed by atoms with van der Waals surface area (Å²) in [6.07, 6.45) is 0. The molecular weight excluding hydrogens is 474 g/mol. The first kappa shape index (κ1) is 23.6. The molecule has 1 N–H and O–H groups in total. The van der Waals surface area contributed by atoms with Crippen molar-refractivity contribution in [2.24, 2.45) is 0 Å². The lowest BCUT2D eigenvalue weighted by atomic mass is 10.0. The number of aromatic nitrogens is 2. The number of benzene rings is 3. The number of nitrogens with zero attached hydrogens (tertiary/aromatic N) is 2. The van der Waals surface area contributed by atoms with Crippen molar-refractivity contribution in [3.63, 3.8) is 0 Å². The number of ether oxygens (including phenoxy) is 1. The van der Waals surface area contributed by atoms with E-state index in [-0.39, 0.29) is 10.7 Å². The fraction of sp³-hybridized carbons (Fsp3) is 0.143. The van der Waals surface area contributed by atoms with Crippen molar-refractivity contribution in [3.05, 3.63) is 101 Å². The van der Waals surface area contributed by atoms with Crippen molar-refractivity contribution in [2.75, 3.05) is 4.72 Å². The molecule has 0 unspecified atom stereocenters. The Bertz CT molecular complexity index is 1660. The van der Waals surface area contributed by atoms with E-state index in [2.05, 4.69) is 14.9 Å². The Morgan fingerprint density at radius 1 is 0.917 bits per heavy atom. The lowest BCUT2D eigenvalue weighted by Crippen LogP contribution is -2.15. The van der Waals surface area contributed by atoms with E-state index in [1.54, 1.807) is 32.0 Å². The van der Waals surface area contributed by atoms with Gasteiger partial charge in [-0.2, -0.15) is 0 Å². The molecule has 0 aliphatic rings. The number of hydrogen-bond acceptors (Lipinski definition) is 6. The molecule has 0 amide bonds. The second-order valence-electron chi connectivity index (χ2n) is 8.58. The largest absolute Gasteiger partial charge is 0.488 e. The first-order chi connectivity index (χ1) is 17.3. The fourth-order valence-corrected chi connectivity index (χ4v) is 5.25. The Balaban J connectivity index is 1.38. The van der Waals surface area contributed by atoms with Crippen LogP contribution in [0.4, 0.5) is 5.82 Å². The van der Waals surface area contributed by atoms with Gasteiger partial charge in [0, 0.05) is 28.3 Å². The third kappa shape index (κ3) is 4.67. The van der Waals surface area contributed by atoms with Crippen LogP contribution < -0.4 is 9.46 Å². The summed E-state index contributed by atoms with van der Waals surface area (Å²) in [7, 11) is -3.89. The van der Waals surface area contributed by atoms with Crippen LogP contribution in [0.3, 0.4) is 0 Å². The number of aryl methyl sites for hydroxylation is 2. The number of nitrogens with one attached hydrogen (secondary N) is 1. The molecule has 5 aromatic rings. The molecule has 2 heterocycles. The molecule has 0 radical (unpaired) electrons. The summed E-state index contributed by atoms with van der Waals surface area (Å²) < 4.78 is 40.2. The molecule has 3 aromatic carbocycles. The maximum Gasteiger partial charge on any atom is 0.263 e. The maximum atomic E-state index is 13.2. The van der Waals surface area contributed by atoms with Crippen LogP contribution in [0.25, 0.3) is 22.0 Å². The number of sulfonamides is 1. The SMILES string of the molecule is Cc1cc(OCc2ccc(-c3ccccc3S(=O)(=O)Nc3noc(C)c3C)cc2)c2ccccc2n1. The molecule has 7 nitrogen and oxygen atoms in total. The van der Waals surface area contributed by atoms with Crippen LogP contribution >= 0.6 is 0 Å². The van der Waals surface area contributed by atoms with Gasteiger partial charge >= 0.3 is 0 Å². The average molecular weight is 500 g/mol. The number of anilines is 1. The molecule has 0 bridgehead atoms. The molecule has 0 saturated heterocycles. The molecule has 182 valence electrons. The van der Waals surface area contributed by atoms with E-state index >= 15 is 0 Å². The van der Waals surface area contributed by atoms with E-state index in [1.165, 1.54) is 0 Å². The van der Waals surface area contributed by atoms with Crippen LogP contribution in [0.1, 0.15) is 22.6 Å². The minimum atomic E-state index is -3.89. The first-order valence-electron chi connectivity index (χ1n) is 11.4. The molecule has 0 atom stereocenters. The van der Waals surface area contributed by atoms with Gasteiger partial charge in [-0.25, -0.2) is 8.42 Å². The maximum absolute atomic E-state index is 13.2. The molecule has 0 spiro atoms. The van der Waals surface area contributed by atoms with E-state index in [4.69, 9.17) is 9.26 Å². The topological polar surface area (TPSA) is 94.3 Å². The lowest BCUT2D eigenvalue weighted by molar-refractivity contribution is 0.309. The number of hydrogen-bond donors (Lipinski definition) is 1. The molecule has 36 heavy (non-hydrogen) atoms. The van der Waals surface area contributed by atoms with Gasteiger partial charge < -0.3 is 9.26 Å². The van der Waals surface area contributed by atoms with Crippen molar-refractivity contribution in [3.8, 4) is 16.9 Å². The normalized spacial score (nSPS) is 11.5.